The summed E-state index contributed by atoms with van der Waals surface area (Å²) in [6.07, 6.45) is 11.4. The highest BCUT2D eigenvalue weighted by Gasteiger charge is 2.29. The van der Waals surface area contributed by atoms with E-state index < -0.39 is 31.7 Å². The van der Waals surface area contributed by atoms with Gasteiger partial charge in [0.15, 0.2) is 9.84 Å². The van der Waals surface area contributed by atoms with Crippen molar-refractivity contribution in [3.63, 3.8) is 0 Å². The summed E-state index contributed by atoms with van der Waals surface area (Å²) in [4.78, 5) is 42.1. The van der Waals surface area contributed by atoms with Crippen LogP contribution in [0.3, 0.4) is 0 Å². The lowest BCUT2D eigenvalue weighted by Gasteiger charge is -2.18. The number of rotatable bonds is 11. The minimum Gasteiger partial charge on any atom is -0.358 e. The van der Waals surface area contributed by atoms with Gasteiger partial charge in [-0.25, -0.2) is 8.42 Å². The molecule has 0 radical (unpaired) electrons. The van der Waals surface area contributed by atoms with E-state index in [0.29, 0.717) is 41.9 Å². The molecule has 0 bridgehead atoms. The summed E-state index contributed by atoms with van der Waals surface area (Å²) in [5, 5.41) is 16.0. The standard InChI is InChI=1S/C29H39N5O6S/c1-5-33(6-2)17-16-31-29(36)27-20(3)25(32-21(27)4)18-22-13-14-24(11-9-15-30-28(22)35)41(39,40)19-23-10-7-8-12-26(23)34(37)38/h8-9,12-15,18,24,32H,5-7,10-11,16-17,19H2,1-4H3,(H,30,35)(H,31,36)/b14-13+,15-9+,22-18-. The van der Waals surface area contributed by atoms with E-state index in [1.807, 2.05) is 0 Å². The van der Waals surface area contributed by atoms with E-state index in [-0.39, 0.29) is 29.2 Å². The van der Waals surface area contributed by atoms with Crippen LogP contribution in [-0.2, 0) is 14.6 Å². The molecule has 1 aromatic rings. The Labute approximate surface area is 241 Å². The van der Waals surface area contributed by atoms with Crippen LogP contribution < -0.4 is 10.6 Å². The molecule has 2 aliphatic rings. The van der Waals surface area contributed by atoms with Crippen LogP contribution in [0, 0.1) is 24.0 Å². The Bertz CT molecular complexity index is 1430. The molecule has 1 unspecified atom stereocenters. The Balaban J connectivity index is 1.86. The molecule has 0 saturated carbocycles. The highest BCUT2D eigenvalue weighted by Crippen LogP contribution is 2.25. The van der Waals surface area contributed by atoms with Crippen molar-refractivity contribution in [2.75, 3.05) is 31.9 Å². The van der Waals surface area contributed by atoms with Crippen molar-refractivity contribution in [2.24, 2.45) is 0 Å². The van der Waals surface area contributed by atoms with E-state index in [4.69, 9.17) is 0 Å². The van der Waals surface area contributed by atoms with E-state index in [2.05, 4.69) is 34.4 Å². The Morgan fingerprint density at radius 2 is 1.95 bits per heavy atom. The van der Waals surface area contributed by atoms with Crippen molar-refractivity contribution in [3.05, 3.63) is 86.1 Å². The first-order chi connectivity index (χ1) is 19.5. The van der Waals surface area contributed by atoms with Crippen LogP contribution in [-0.4, -0.2) is 72.2 Å². The maximum absolute atomic E-state index is 13.3. The van der Waals surface area contributed by atoms with Gasteiger partial charge in [0.1, 0.15) is 0 Å². The molecule has 0 fully saturated rings. The summed E-state index contributed by atoms with van der Waals surface area (Å²) in [7, 11) is -3.82. The smallest absolute Gasteiger partial charge is 0.269 e. The Morgan fingerprint density at radius 1 is 1.22 bits per heavy atom. The minimum atomic E-state index is -3.82. The van der Waals surface area contributed by atoms with E-state index in [1.165, 1.54) is 24.4 Å². The second-order valence-electron chi connectivity index (χ2n) is 10.0. The van der Waals surface area contributed by atoms with Crippen molar-refractivity contribution < 1.29 is 22.9 Å². The maximum Gasteiger partial charge on any atom is 0.269 e. The van der Waals surface area contributed by atoms with Gasteiger partial charge in [0, 0.05) is 47.9 Å². The van der Waals surface area contributed by atoms with Crippen LogP contribution in [0.15, 0.2) is 53.4 Å². The summed E-state index contributed by atoms with van der Waals surface area (Å²) >= 11 is 0. The van der Waals surface area contributed by atoms with Gasteiger partial charge in [-0.15, -0.1) is 0 Å². The first kappa shape index (κ1) is 31.8. The number of likely N-dealkylation sites (N-methyl/N-ethyl adjacent to an activating group) is 1. The lowest BCUT2D eigenvalue weighted by molar-refractivity contribution is -0.420. The van der Waals surface area contributed by atoms with E-state index in [9.17, 15) is 28.1 Å². The number of allylic oxidation sites excluding steroid dienone is 3. The molecule has 11 nitrogen and oxygen atoms in total. The van der Waals surface area contributed by atoms with Gasteiger partial charge in [0.05, 0.1) is 21.5 Å². The quantitative estimate of drug-likeness (QED) is 0.204. The summed E-state index contributed by atoms with van der Waals surface area (Å²) in [6.45, 7) is 10.7. The number of nitrogens with zero attached hydrogens (tertiary/aromatic N) is 2. The highest BCUT2D eigenvalue weighted by molar-refractivity contribution is 7.92. The summed E-state index contributed by atoms with van der Waals surface area (Å²) < 4.78 is 26.7. The molecule has 1 aromatic heterocycles. The summed E-state index contributed by atoms with van der Waals surface area (Å²) in [6, 6.07) is 0. The number of carbonyl (C=O) groups excluding carboxylic acids is 2. The third kappa shape index (κ3) is 8.14. The molecule has 0 saturated heterocycles. The monoisotopic (exact) mass is 585 g/mol. The van der Waals surface area contributed by atoms with Crippen molar-refractivity contribution in [1.82, 2.24) is 20.5 Å². The van der Waals surface area contributed by atoms with Crippen LogP contribution in [0.1, 0.15) is 60.4 Å². The van der Waals surface area contributed by atoms with E-state index >= 15 is 0 Å². The molecule has 2 amide bonds. The second-order valence-corrected chi connectivity index (χ2v) is 12.3. The number of hydrogen-bond acceptors (Lipinski definition) is 7. The van der Waals surface area contributed by atoms with Gasteiger partial charge < -0.3 is 20.5 Å². The van der Waals surface area contributed by atoms with Crippen molar-refractivity contribution >= 4 is 27.7 Å². The SMILES string of the molecule is CCN(CC)CCNC(=O)c1c(C)[nH]c(/C=C2/C=C/C(S(=O)(=O)CC3=C([N+](=O)[O-])C=CCC3)C/C=C/NC2=O)c1C. The third-order valence-electron chi connectivity index (χ3n) is 7.35. The number of nitrogens with one attached hydrogen (secondary N) is 3. The first-order valence-corrected chi connectivity index (χ1v) is 15.5. The number of H-pyrrole nitrogens is 1. The lowest BCUT2D eigenvalue weighted by atomic mass is 10.0. The minimum absolute atomic E-state index is 0.0990. The number of aromatic amines is 1. The molecule has 12 heteroatoms. The fourth-order valence-electron chi connectivity index (χ4n) is 4.92. The van der Waals surface area contributed by atoms with Crippen molar-refractivity contribution in [3.8, 4) is 0 Å². The predicted molar refractivity (Wildman–Crippen MR) is 159 cm³/mol. The third-order valence-corrected chi connectivity index (χ3v) is 9.37. The number of aromatic nitrogens is 1. The average molecular weight is 586 g/mol. The Kier molecular flexibility index (Phi) is 11.0. The second kappa shape index (κ2) is 14.2. The molecular formula is C29H39N5O6S. The zero-order chi connectivity index (χ0) is 30.2. The fraction of sp³-hybridized carbons (Fsp3) is 0.448. The zero-order valence-corrected chi connectivity index (χ0v) is 24.8. The van der Waals surface area contributed by atoms with E-state index in [0.717, 1.165) is 19.6 Å². The largest absolute Gasteiger partial charge is 0.358 e. The molecule has 3 N–H and O–H groups in total. The van der Waals surface area contributed by atoms with Gasteiger partial charge in [0.25, 0.3) is 17.5 Å². The topological polar surface area (TPSA) is 155 Å². The van der Waals surface area contributed by atoms with Gasteiger partial charge in [-0.2, -0.15) is 0 Å². The molecule has 0 aromatic carbocycles. The van der Waals surface area contributed by atoms with Gasteiger partial charge in [-0.1, -0.05) is 38.2 Å². The molecule has 1 atom stereocenters. The molecule has 1 aliphatic carbocycles. The van der Waals surface area contributed by atoms with Crippen LogP contribution in [0.2, 0.25) is 0 Å². The number of nitro groups is 1. The van der Waals surface area contributed by atoms with Crippen LogP contribution in [0.25, 0.3) is 6.08 Å². The molecule has 2 heterocycles. The zero-order valence-electron chi connectivity index (χ0n) is 24.0. The van der Waals surface area contributed by atoms with Crippen LogP contribution in [0.5, 0.6) is 0 Å². The highest BCUT2D eigenvalue weighted by atomic mass is 32.2. The molecule has 41 heavy (non-hydrogen) atoms. The molecular weight excluding hydrogens is 546 g/mol. The number of amides is 2. The number of hydrogen-bond donors (Lipinski definition) is 3. The molecule has 1 aliphatic heterocycles. The number of sulfone groups is 1. The van der Waals surface area contributed by atoms with Crippen molar-refractivity contribution in [2.45, 2.75) is 52.2 Å². The number of aryl methyl sites for hydroxylation is 1. The Morgan fingerprint density at radius 3 is 2.63 bits per heavy atom. The van der Waals surface area contributed by atoms with Gasteiger partial charge in [-0.05, 0) is 57.8 Å². The lowest BCUT2D eigenvalue weighted by Crippen LogP contribution is -2.35. The number of carbonyl (C=O) groups is 2. The molecule has 222 valence electrons. The van der Waals surface area contributed by atoms with Gasteiger partial charge >= 0.3 is 0 Å². The average Bonchev–Trinajstić information content (AvgIpc) is 3.25. The molecule has 0 spiro atoms. The fourth-order valence-corrected chi connectivity index (χ4v) is 6.63. The normalized spacial score (nSPS) is 20.4. The van der Waals surface area contributed by atoms with E-state index in [1.54, 1.807) is 32.1 Å². The Hall–Kier alpha value is -3.77. The van der Waals surface area contributed by atoms with Gasteiger partial charge in [0.2, 0.25) is 0 Å². The van der Waals surface area contributed by atoms with Crippen molar-refractivity contribution in [1.29, 1.82) is 0 Å². The van der Waals surface area contributed by atoms with Crippen LogP contribution >= 0.6 is 0 Å². The maximum atomic E-state index is 13.3. The first-order valence-electron chi connectivity index (χ1n) is 13.8. The van der Waals surface area contributed by atoms with Crippen LogP contribution in [0.4, 0.5) is 0 Å². The van der Waals surface area contributed by atoms with Gasteiger partial charge in [-0.3, -0.25) is 19.7 Å². The summed E-state index contributed by atoms with van der Waals surface area (Å²) in [5.74, 6) is -1.08. The molecule has 3 rings (SSSR count). The summed E-state index contributed by atoms with van der Waals surface area (Å²) in [5.41, 5.74) is 2.68. The predicted octanol–water partition coefficient (Wildman–Crippen LogP) is 3.34.